The van der Waals surface area contributed by atoms with Gasteiger partial charge in [-0.25, -0.2) is 27.4 Å². The summed E-state index contributed by atoms with van der Waals surface area (Å²) in [6, 6.07) is 20.1. The van der Waals surface area contributed by atoms with Crippen LogP contribution in [-0.2, 0) is 18.7 Å². The third-order valence-electron chi connectivity index (χ3n) is 6.61. The Balaban J connectivity index is -0.000000345. The van der Waals surface area contributed by atoms with Crippen LogP contribution in [0.1, 0.15) is 28.1 Å². The second-order valence-corrected chi connectivity index (χ2v) is 13.1. The number of hydrogen-bond acceptors (Lipinski definition) is 10. The van der Waals surface area contributed by atoms with Gasteiger partial charge in [-0.15, -0.1) is 0 Å². The molecule has 1 unspecified atom stereocenters. The van der Waals surface area contributed by atoms with Crippen LogP contribution < -0.4 is 66.3 Å². The first-order valence-corrected chi connectivity index (χ1v) is 35.2. The van der Waals surface area contributed by atoms with Crippen molar-refractivity contribution in [1.29, 1.82) is 0 Å². The monoisotopic (exact) mass is 1040 g/mol. The van der Waals surface area contributed by atoms with Crippen molar-refractivity contribution in [3.8, 4) is 17.2 Å². The summed E-state index contributed by atoms with van der Waals surface area (Å²) in [7, 11) is 38.8. The molecule has 0 aliphatic rings. The van der Waals surface area contributed by atoms with Gasteiger partial charge < -0.3 is 29.5 Å². The number of carbonyl (C=O) groups excluding carboxylic acids is 2. The molecule has 1 atom stereocenters. The molecule has 0 spiro atoms. The predicted molar refractivity (Wildman–Crippen MR) is 247 cm³/mol. The van der Waals surface area contributed by atoms with Gasteiger partial charge in [-0.3, -0.25) is 0 Å². The fourth-order valence-corrected chi connectivity index (χ4v) is 4.51. The third-order valence-corrected chi connectivity index (χ3v) is 7.79. The molecule has 283 valence electrons. The number of benzene rings is 4. The molecule has 10 nitrogen and oxygen atoms in total. The quantitative estimate of drug-likeness (QED) is 0.0640. The Kier molecular flexibility index (Phi) is 46.6. The van der Waals surface area contributed by atoms with Gasteiger partial charge >= 0.3 is 135 Å². The number of aromatic hydroxyl groups is 1. The third kappa shape index (κ3) is 31.6. The number of halogens is 5. The molecule has 0 bridgehead atoms. The van der Waals surface area contributed by atoms with Crippen LogP contribution in [0.4, 0.5) is 13.2 Å². The van der Waals surface area contributed by atoms with E-state index < -0.39 is 63.2 Å². The summed E-state index contributed by atoms with van der Waals surface area (Å²) in [4.78, 5) is 31.2. The van der Waals surface area contributed by atoms with Gasteiger partial charge in [0, 0.05) is 114 Å². The fourth-order valence-electron chi connectivity index (χ4n) is 3.98. The molecule has 0 fully saturated rings. The Morgan fingerprint density at radius 3 is 1.48 bits per heavy atom. The van der Waals surface area contributed by atoms with E-state index in [0.29, 0.717) is 17.6 Å². The number of phenols is 1. The van der Waals surface area contributed by atoms with Crippen molar-refractivity contribution in [1.82, 2.24) is 0 Å². The Bertz CT molecular complexity index is 1820. The minimum absolute atomic E-state index is 0. The van der Waals surface area contributed by atoms with Crippen LogP contribution in [0.3, 0.4) is 0 Å². The first kappa shape index (κ1) is 69.5. The van der Waals surface area contributed by atoms with E-state index in [4.69, 9.17) is 78.7 Å². The van der Waals surface area contributed by atoms with Crippen molar-refractivity contribution < 1.29 is 113 Å². The maximum atomic E-state index is 13.2. The molecule has 4 aromatic rings. The van der Waals surface area contributed by atoms with Crippen molar-refractivity contribution in [3.63, 3.8) is 0 Å². The van der Waals surface area contributed by atoms with E-state index in [2.05, 4.69) is 46.0 Å². The average molecular weight is 1040 g/mol. The standard InChI is InChI=1S/C14H10BrFO3.C8H6F2O2.C6H5BrO.CH4.B13.3K.HO4P/c1-18-14(17)12-7-4-10(16)8-13(12)19-11-5-2-9(15)3-6-11;1-12-8(11)6-3-2-5(9)4-7(6)10;7-5-1-3-6(8)4-2-5;;1-8-12(9(2)3)13(10(4)5)11(6)7;;;;1-4-5(2)3/h2-8H,1H3;2-4H,1H3;1-4,8H;1H4;;;;;1H/q;;;;;;;+1;/p-1. The molecular weight excluding hydrogens is 1010 g/mol. The molecule has 0 heterocycles. The van der Waals surface area contributed by atoms with Gasteiger partial charge in [0.2, 0.25) is 0 Å². The molecule has 0 aliphatic carbocycles. The first-order valence-electron chi connectivity index (χ1n) is 16.5. The Hall–Kier alpha value is 1.90. The molecule has 4 rings (SSSR count). The number of rotatable bonds is 10. The summed E-state index contributed by atoms with van der Waals surface area (Å²) >= 11 is 9.04. The summed E-state index contributed by atoms with van der Waals surface area (Å²) in [6.45, 7) is 0. The molecule has 32 heteroatoms. The predicted octanol–water partition coefficient (Wildman–Crippen LogP) is -1.70. The van der Waals surface area contributed by atoms with Gasteiger partial charge in [0.15, 0.2) is 0 Å². The van der Waals surface area contributed by atoms with Gasteiger partial charge in [0.05, 0.1) is 19.8 Å². The number of methoxy groups -OCH3 is 2. The zero-order valence-electron chi connectivity index (χ0n) is 33.0. The van der Waals surface area contributed by atoms with E-state index in [1.165, 1.54) is 89.5 Å². The minimum atomic E-state index is -3.15. The molecule has 15 radical (unpaired) electrons. The van der Waals surface area contributed by atoms with Crippen LogP contribution >= 0.6 is 40.1 Å². The molecule has 0 amide bonds. The topological polar surface area (TPSA) is 154 Å². The van der Waals surface area contributed by atoms with Crippen LogP contribution in [-0.4, -0.2) is 188 Å². The molecule has 4 aromatic carbocycles. The molecular formula is C29H25B13Br2F3K3O10P. The average Bonchev–Trinajstić information content (AvgIpc) is 3.19. The van der Waals surface area contributed by atoms with Crippen LogP contribution in [0, 0.1) is 17.5 Å². The normalized spacial score (nSPS) is 9.10. The summed E-state index contributed by atoms with van der Waals surface area (Å²) < 4.78 is 65.9. The van der Waals surface area contributed by atoms with Crippen LogP contribution in [0.15, 0.2) is 93.9 Å². The Labute approximate surface area is 473 Å². The Morgan fingerprint density at radius 1 is 0.754 bits per heavy atom. The van der Waals surface area contributed by atoms with Crippen molar-refractivity contribution in [3.05, 3.63) is 122 Å². The van der Waals surface area contributed by atoms with Crippen LogP contribution in [0.5, 0.6) is 17.2 Å². The van der Waals surface area contributed by atoms with E-state index in [0.717, 1.165) is 34.3 Å². The molecule has 0 aromatic heterocycles. The van der Waals surface area contributed by atoms with Crippen molar-refractivity contribution in [2.45, 2.75) is 7.43 Å². The molecule has 0 aliphatic heterocycles. The van der Waals surface area contributed by atoms with Gasteiger partial charge in [-0.1, -0.05) is 39.3 Å². The number of ether oxygens (including phenoxy) is 3. The zero-order valence-corrected chi connectivity index (χ0v) is 46.5. The fraction of sp³-hybridized carbons (Fsp3) is 0.103. The van der Waals surface area contributed by atoms with Crippen molar-refractivity contribution in [2.75, 3.05) is 14.2 Å². The van der Waals surface area contributed by atoms with Gasteiger partial charge in [-0.2, -0.15) is 0 Å². The number of hydrogen-bond donors (Lipinski definition) is 1. The van der Waals surface area contributed by atoms with Crippen LogP contribution in [0.2, 0.25) is 0 Å². The second-order valence-electron chi connectivity index (χ2n) is 10.7. The summed E-state index contributed by atoms with van der Waals surface area (Å²) in [5, 5.41) is 17.3. The van der Waals surface area contributed by atoms with E-state index in [1.807, 2.05) is 0 Å². The molecule has 61 heavy (non-hydrogen) atoms. The molecule has 0 saturated heterocycles. The van der Waals surface area contributed by atoms with Gasteiger partial charge in [0.1, 0.15) is 40.3 Å². The number of phenolic OH excluding ortho intramolecular Hbond substituents is 1. The maximum absolute atomic E-state index is 13.2. The molecule has 1 N–H and O–H groups in total. The summed E-state index contributed by atoms with van der Waals surface area (Å²) in [5.41, 5.74) is -0.0919. The van der Waals surface area contributed by atoms with E-state index >= 15 is 0 Å². The summed E-state index contributed by atoms with van der Waals surface area (Å²) in [5.74, 6) is -2.59. The van der Waals surface area contributed by atoms with Crippen molar-refractivity contribution in [2.24, 2.45) is 0 Å². The van der Waals surface area contributed by atoms with E-state index in [-0.39, 0.29) is 82.1 Å². The number of carbonyl (C=O) groups is 2. The Morgan fingerprint density at radius 2 is 1.15 bits per heavy atom. The van der Waals surface area contributed by atoms with E-state index in [9.17, 15) is 22.8 Å². The van der Waals surface area contributed by atoms with Gasteiger partial charge in [0.25, 0.3) is 0 Å². The van der Waals surface area contributed by atoms with Crippen LogP contribution in [0.25, 0.3) is 0 Å². The van der Waals surface area contributed by atoms with Crippen molar-refractivity contribution >= 4 is 208 Å². The second kappa shape index (κ2) is 40.9. The first-order chi connectivity index (χ1) is 27.7. The van der Waals surface area contributed by atoms with E-state index in [1.54, 1.807) is 48.5 Å². The van der Waals surface area contributed by atoms with Gasteiger partial charge in [-0.05, 0) is 77.4 Å². The SMILES string of the molecule is C.COC(=O)c1ccc(F)cc1F.COC(=O)c1ccc(F)cc1Oc1ccc(Br)cc1.O=[P+]([O-])O[O-].Oc1ccc(Br)cc1.[B][B]B(B([B])[B])B(B([B])[B])B([B])[B].[K+].[K][K]. The summed E-state index contributed by atoms with van der Waals surface area (Å²) in [6.07, 6.45) is -2.87. The molecule has 0 saturated carbocycles. The zero-order chi connectivity index (χ0) is 45.8. The number of esters is 2.